The first kappa shape index (κ1) is 15.0. The molecular formula is C15H32N2. The zero-order chi connectivity index (χ0) is 12.7. The van der Waals surface area contributed by atoms with Crippen LogP contribution in [-0.4, -0.2) is 36.6 Å². The molecule has 3 unspecified atom stereocenters. The van der Waals surface area contributed by atoms with Crippen LogP contribution in [0.15, 0.2) is 0 Å². The van der Waals surface area contributed by atoms with Gasteiger partial charge in [-0.05, 0) is 45.6 Å². The quantitative estimate of drug-likeness (QED) is 0.735. The van der Waals surface area contributed by atoms with Gasteiger partial charge < -0.3 is 5.32 Å². The van der Waals surface area contributed by atoms with Crippen LogP contribution >= 0.6 is 0 Å². The lowest BCUT2D eigenvalue weighted by Gasteiger charge is -2.37. The lowest BCUT2D eigenvalue weighted by Crippen LogP contribution is -2.47. The Morgan fingerprint density at radius 2 is 2.06 bits per heavy atom. The molecule has 0 radical (unpaired) electrons. The SMILES string of the molecule is CCCC(C)NCC(C)N1CCCC(CC)C1. The molecule has 0 aromatic rings. The van der Waals surface area contributed by atoms with Gasteiger partial charge in [0, 0.05) is 25.2 Å². The Morgan fingerprint density at radius 1 is 1.29 bits per heavy atom. The first-order valence-electron chi connectivity index (χ1n) is 7.64. The van der Waals surface area contributed by atoms with E-state index in [1.54, 1.807) is 0 Å². The Labute approximate surface area is 108 Å². The van der Waals surface area contributed by atoms with Crippen LogP contribution in [-0.2, 0) is 0 Å². The summed E-state index contributed by atoms with van der Waals surface area (Å²) in [5.74, 6) is 0.944. The topological polar surface area (TPSA) is 15.3 Å². The third-order valence-electron chi connectivity index (χ3n) is 4.23. The van der Waals surface area contributed by atoms with Gasteiger partial charge in [-0.25, -0.2) is 0 Å². The third kappa shape index (κ3) is 5.39. The van der Waals surface area contributed by atoms with E-state index in [0.29, 0.717) is 12.1 Å². The number of hydrogen-bond donors (Lipinski definition) is 1. The maximum atomic E-state index is 3.67. The van der Waals surface area contributed by atoms with Crippen molar-refractivity contribution in [2.75, 3.05) is 19.6 Å². The highest BCUT2D eigenvalue weighted by molar-refractivity contribution is 4.78. The Balaban J connectivity index is 2.24. The molecule has 1 aliphatic heterocycles. The average Bonchev–Trinajstić information content (AvgIpc) is 2.36. The van der Waals surface area contributed by atoms with Gasteiger partial charge in [0.25, 0.3) is 0 Å². The van der Waals surface area contributed by atoms with E-state index in [-0.39, 0.29) is 0 Å². The van der Waals surface area contributed by atoms with Crippen LogP contribution in [0.25, 0.3) is 0 Å². The zero-order valence-electron chi connectivity index (χ0n) is 12.3. The number of nitrogens with zero attached hydrogens (tertiary/aromatic N) is 1. The molecule has 3 atom stereocenters. The molecule has 0 aromatic carbocycles. The van der Waals surface area contributed by atoms with Crippen LogP contribution in [0.3, 0.4) is 0 Å². The molecule has 1 N–H and O–H groups in total. The molecule has 0 bridgehead atoms. The van der Waals surface area contributed by atoms with Crippen molar-refractivity contribution in [2.45, 2.75) is 71.9 Å². The van der Waals surface area contributed by atoms with Crippen LogP contribution in [0.1, 0.15) is 59.8 Å². The molecular weight excluding hydrogens is 208 g/mol. The fourth-order valence-electron chi connectivity index (χ4n) is 2.87. The molecule has 1 heterocycles. The van der Waals surface area contributed by atoms with Crippen molar-refractivity contribution in [3.8, 4) is 0 Å². The summed E-state index contributed by atoms with van der Waals surface area (Å²) in [4.78, 5) is 2.68. The summed E-state index contributed by atoms with van der Waals surface area (Å²) >= 11 is 0. The minimum atomic E-state index is 0.675. The number of hydrogen-bond acceptors (Lipinski definition) is 2. The van der Waals surface area contributed by atoms with Crippen LogP contribution < -0.4 is 5.32 Å². The molecule has 0 amide bonds. The van der Waals surface area contributed by atoms with Gasteiger partial charge in [-0.3, -0.25) is 4.90 Å². The second-order valence-corrected chi connectivity index (χ2v) is 5.86. The summed E-state index contributed by atoms with van der Waals surface area (Å²) in [7, 11) is 0. The standard InChI is InChI=1S/C15H32N2/c1-5-8-13(3)16-11-14(4)17-10-7-9-15(6-2)12-17/h13-16H,5-12H2,1-4H3. The highest BCUT2D eigenvalue weighted by atomic mass is 15.2. The molecule has 0 spiro atoms. The Kier molecular flexibility index (Phi) is 7.14. The van der Waals surface area contributed by atoms with Crippen molar-refractivity contribution in [1.82, 2.24) is 10.2 Å². The lowest BCUT2D eigenvalue weighted by molar-refractivity contribution is 0.126. The van der Waals surface area contributed by atoms with Gasteiger partial charge in [-0.2, -0.15) is 0 Å². The van der Waals surface area contributed by atoms with Crippen LogP contribution in [0.4, 0.5) is 0 Å². The van der Waals surface area contributed by atoms with Crippen molar-refractivity contribution in [3.63, 3.8) is 0 Å². The Bertz CT molecular complexity index is 193. The van der Waals surface area contributed by atoms with Crippen molar-refractivity contribution in [3.05, 3.63) is 0 Å². The number of nitrogens with one attached hydrogen (secondary N) is 1. The number of rotatable bonds is 7. The molecule has 1 saturated heterocycles. The number of piperidine rings is 1. The van der Waals surface area contributed by atoms with E-state index >= 15 is 0 Å². The van der Waals surface area contributed by atoms with Gasteiger partial charge in [-0.1, -0.05) is 26.7 Å². The fourth-order valence-corrected chi connectivity index (χ4v) is 2.87. The maximum absolute atomic E-state index is 3.67. The summed E-state index contributed by atoms with van der Waals surface area (Å²) < 4.78 is 0. The minimum Gasteiger partial charge on any atom is -0.313 e. The number of likely N-dealkylation sites (tertiary alicyclic amines) is 1. The van der Waals surface area contributed by atoms with E-state index < -0.39 is 0 Å². The van der Waals surface area contributed by atoms with Gasteiger partial charge in [0.15, 0.2) is 0 Å². The third-order valence-corrected chi connectivity index (χ3v) is 4.23. The van der Waals surface area contributed by atoms with Gasteiger partial charge in [-0.15, -0.1) is 0 Å². The molecule has 17 heavy (non-hydrogen) atoms. The highest BCUT2D eigenvalue weighted by Crippen LogP contribution is 2.20. The molecule has 2 nitrogen and oxygen atoms in total. The van der Waals surface area contributed by atoms with Crippen molar-refractivity contribution in [1.29, 1.82) is 0 Å². The second kappa shape index (κ2) is 8.10. The minimum absolute atomic E-state index is 0.675. The lowest BCUT2D eigenvalue weighted by atomic mass is 9.94. The first-order valence-corrected chi connectivity index (χ1v) is 7.64. The predicted octanol–water partition coefficient (Wildman–Crippen LogP) is 3.28. The van der Waals surface area contributed by atoms with Crippen LogP contribution in [0.2, 0.25) is 0 Å². The second-order valence-electron chi connectivity index (χ2n) is 5.86. The predicted molar refractivity (Wildman–Crippen MR) is 76.4 cm³/mol. The Hall–Kier alpha value is -0.0800. The Morgan fingerprint density at radius 3 is 2.71 bits per heavy atom. The monoisotopic (exact) mass is 240 g/mol. The van der Waals surface area contributed by atoms with Crippen LogP contribution in [0.5, 0.6) is 0 Å². The summed E-state index contributed by atoms with van der Waals surface area (Å²) in [5, 5.41) is 3.67. The van der Waals surface area contributed by atoms with E-state index in [0.717, 1.165) is 12.5 Å². The summed E-state index contributed by atoms with van der Waals surface area (Å²) in [6.07, 6.45) is 6.77. The van der Waals surface area contributed by atoms with Gasteiger partial charge in [0.1, 0.15) is 0 Å². The molecule has 0 aromatic heterocycles. The first-order chi connectivity index (χ1) is 8.17. The average molecular weight is 240 g/mol. The van der Waals surface area contributed by atoms with E-state index in [1.807, 2.05) is 0 Å². The van der Waals surface area contributed by atoms with E-state index in [2.05, 4.69) is 37.9 Å². The van der Waals surface area contributed by atoms with E-state index in [1.165, 1.54) is 45.2 Å². The molecule has 0 aliphatic carbocycles. The van der Waals surface area contributed by atoms with Gasteiger partial charge in [0.05, 0.1) is 0 Å². The van der Waals surface area contributed by atoms with Crippen molar-refractivity contribution < 1.29 is 0 Å². The highest BCUT2D eigenvalue weighted by Gasteiger charge is 2.22. The molecule has 1 aliphatic rings. The van der Waals surface area contributed by atoms with Crippen LogP contribution in [0, 0.1) is 5.92 Å². The summed E-state index contributed by atoms with van der Waals surface area (Å²) in [6.45, 7) is 13.1. The fraction of sp³-hybridized carbons (Fsp3) is 1.00. The van der Waals surface area contributed by atoms with Crippen molar-refractivity contribution >= 4 is 0 Å². The smallest absolute Gasteiger partial charge is 0.0192 e. The van der Waals surface area contributed by atoms with E-state index in [4.69, 9.17) is 0 Å². The van der Waals surface area contributed by atoms with Gasteiger partial charge >= 0.3 is 0 Å². The normalized spacial score (nSPS) is 25.8. The molecule has 2 heteroatoms. The summed E-state index contributed by atoms with van der Waals surface area (Å²) in [6, 6.07) is 1.37. The zero-order valence-corrected chi connectivity index (χ0v) is 12.3. The van der Waals surface area contributed by atoms with Gasteiger partial charge in [0.2, 0.25) is 0 Å². The largest absolute Gasteiger partial charge is 0.313 e. The summed E-state index contributed by atoms with van der Waals surface area (Å²) in [5.41, 5.74) is 0. The molecule has 0 saturated carbocycles. The maximum Gasteiger partial charge on any atom is 0.0192 e. The van der Waals surface area contributed by atoms with Crippen molar-refractivity contribution in [2.24, 2.45) is 5.92 Å². The molecule has 102 valence electrons. The molecule has 1 rings (SSSR count). The van der Waals surface area contributed by atoms with E-state index in [9.17, 15) is 0 Å². The molecule has 1 fully saturated rings.